The summed E-state index contributed by atoms with van der Waals surface area (Å²) in [6.07, 6.45) is 1.50. The van der Waals surface area contributed by atoms with Crippen molar-refractivity contribution in [3.8, 4) is 0 Å². The Hall–Kier alpha value is -3.39. The highest BCUT2D eigenvalue weighted by atomic mass is 32.2. The van der Waals surface area contributed by atoms with Crippen LogP contribution in [0.5, 0.6) is 0 Å². The number of rotatable bonds is 5. The number of nitrogens with zero attached hydrogens (tertiary/aromatic N) is 1. The van der Waals surface area contributed by atoms with Gasteiger partial charge in [-0.2, -0.15) is 0 Å². The van der Waals surface area contributed by atoms with Crippen LogP contribution in [0.4, 0.5) is 10.5 Å². The van der Waals surface area contributed by atoms with Gasteiger partial charge in [-0.25, -0.2) is 4.79 Å². The summed E-state index contributed by atoms with van der Waals surface area (Å²) < 4.78 is 0. The van der Waals surface area contributed by atoms with E-state index in [1.54, 1.807) is 18.2 Å². The minimum atomic E-state index is -1.05. The van der Waals surface area contributed by atoms with Gasteiger partial charge in [-0.05, 0) is 72.6 Å². The third-order valence-corrected chi connectivity index (χ3v) is 5.33. The second-order valence-electron chi connectivity index (χ2n) is 6.54. The van der Waals surface area contributed by atoms with E-state index in [2.05, 4.69) is 5.32 Å². The first kappa shape index (κ1) is 20.3. The van der Waals surface area contributed by atoms with E-state index in [-0.39, 0.29) is 17.0 Å². The van der Waals surface area contributed by atoms with Crippen molar-refractivity contribution in [1.29, 1.82) is 0 Å². The fourth-order valence-electron chi connectivity index (χ4n) is 2.67. The first-order chi connectivity index (χ1) is 13.7. The molecule has 0 unspecified atom stereocenters. The van der Waals surface area contributed by atoms with E-state index in [1.165, 1.54) is 18.2 Å². The van der Waals surface area contributed by atoms with Crippen LogP contribution in [-0.2, 0) is 9.59 Å². The number of benzene rings is 2. The van der Waals surface area contributed by atoms with E-state index < -0.39 is 23.0 Å². The number of aromatic carboxylic acids is 1. The van der Waals surface area contributed by atoms with Crippen molar-refractivity contribution in [2.24, 2.45) is 0 Å². The van der Waals surface area contributed by atoms with Gasteiger partial charge in [0.05, 0.1) is 10.5 Å². The molecule has 0 radical (unpaired) electrons. The predicted molar refractivity (Wildman–Crippen MR) is 111 cm³/mol. The lowest BCUT2D eigenvalue weighted by atomic mass is 10.1. The molecule has 2 N–H and O–H groups in total. The minimum Gasteiger partial charge on any atom is -0.478 e. The van der Waals surface area contributed by atoms with Crippen molar-refractivity contribution < 1.29 is 24.3 Å². The Balaban J connectivity index is 1.68. The molecule has 148 valence electrons. The molecule has 1 heterocycles. The Kier molecular flexibility index (Phi) is 5.84. The van der Waals surface area contributed by atoms with Crippen molar-refractivity contribution >= 4 is 46.5 Å². The van der Waals surface area contributed by atoms with Crippen LogP contribution >= 0.6 is 11.8 Å². The summed E-state index contributed by atoms with van der Waals surface area (Å²) in [4.78, 5) is 49.0. The van der Waals surface area contributed by atoms with Crippen molar-refractivity contribution in [2.45, 2.75) is 13.8 Å². The molecule has 1 aliphatic heterocycles. The van der Waals surface area contributed by atoms with Gasteiger partial charge in [-0.3, -0.25) is 19.3 Å². The fraction of sp³-hybridized carbons (Fsp3) is 0.143. The molecule has 3 amide bonds. The monoisotopic (exact) mass is 410 g/mol. The van der Waals surface area contributed by atoms with Crippen molar-refractivity contribution in [3.63, 3.8) is 0 Å². The van der Waals surface area contributed by atoms with Crippen LogP contribution in [0.1, 0.15) is 27.0 Å². The normalized spacial score (nSPS) is 15.1. The number of carboxylic acid groups (broad SMARTS) is 1. The van der Waals surface area contributed by atoms with Crippen LogP contribution in [0, 0.1) is 13.8 Å². The van der Waals surface area contributed by atoms with Crippen LogP contribution in [0.25, 0.3) is 6.08 Å². The van der Waals surface area contributed by atoms with Gasteiger partial charge in [-0.1, -0.05) is 18.2 Å². The Bertz CT molecular complexity index is 1040. The lowest BCUT2D eigenvalue weighted by Crippen LogP contribution is -2.36. The van der Waals surface area contributed by atoms with E-state index in [1.807, 2.05) is 26.0 Å². The smallest absolute Gasteiger partial charge is 0.335 e. The number of amides is 3. The Morgan fingerprint density at radius 3 is 2.38 bits per heavy atom. The summed E-state index contributed by atoms with van der Waals surface area (Å²) in [6, 6.07) is 11.4. The van der Waals surface area contributed by atoms with E-state index in [0.717, 1.165) is 27.8 Å². The third-order valence-electron chi connectivity index (χ3n) is 4.42. The van der Waals surface area contributed by atoms with Gasteiger partial charge in [0.2, 0.25) is 5.91 Å². The van der Waals surface area contributed by atoms with Crippen molar-refractivity contribution in [1.82, 2.24) is 4.90 Å². The van der Waals surface area contributed by atoms with Crippen LogP contribution in [0.15, 0.2) is 47.4 Å². The molecule has 0 bridgehead atoms. The molecule has 3 rings (SSSR count). The second kappa shape index (κ2) is 8.32. The molecule has 0 aromatic heterocycles. The van der Waals surface area contributed by atoms with Crippen LogP contribution in [0.2, 0.25) is 0 Å². The quantitative estimate of drug-likeness (QED) is 0.729. The average Bonchev–Trinajstić information content (AvgIpc) is 2.92. The van der Waals surface area contributed by atoms with E-state index >= 15 is 0 Å². The predicted octanol–water partition coefficient (Wildman–Crippen LogP) is 3.68. The van der Waals surface area contributed by atoms with Gasteiger partial charge in [0.1, 0.15) is 6.54 Å². The zero-order valence-electron chi connectivity index (χ0n) is 15.8. The maximum atomic E-state index is 12.5. The molecule has 0 spiro atoms. The molecule has 29 heavy (non-hydrogen) atoms. The number of thioether (sulfide) groups is 1. The highest BCUT2D eigenvalue weighted by Crippen LogP contribution is 2.32. The molecule has 2 aromatic carbocycles. The lowest BCUT2D eigenvalue weighted by Gasteiger charge is -2.13. The van der Waals surface area contributed by atoms with Gasteiger partial charge in [0.25, 0.3) is 11.1 Å². The Morgan fingerprint density at radius 1 is 1.07 bits per heavy atom. The molecule has 7 nitrogen and oxygen atoms in total. The number of nitrogens with one attached hydrogen (secondary N) is 1. The standard InChI is InChI=1S/C21H18N2O5S/c1-12-3-8-16(9-13(12)2)22-18(24)11-23-19(25)17(29-21(23)28)10-14-4-6-15(7-5-14)20(26)27/h3-10H,11H2,1-2H3,(H,22,24)(H,26,27)/b17-10-. The van der Waals surface area contributed by atoms with E-state index in [4.69, 9.17) is 5.11 Å². The average molecular weight is 410 g/mol. The number of carboxylic acids is 1. The zero-order valence-corrected chi connectivity index (χ0v) is 16.6. The molecule has 8 heteroatoms. The SMILES string of the molecule is Cc1ccc(NC(=O)CN2C(=O)S/C(=C\c3ccc(C(=O)O)cc3)C2=O)cc1C. The van der Waals surface area contributed by atoms with Gasteiger partial charge >= 0.3 is 5.97 Å². The first-order valence-electron chi connectivity index (χ1n) is 8.70. The number of aryl methyl sites for hydroxylation is 2. The van der Waals surface area contributed by atoms with E-state index in [9.17, 15) is 19.2 Å². The minimum absolute atomic E-state index is 0.123. The molecular weight excluding hydrogens is 392 g/mol. The first-order valence-corrected chi connectivity index (χ1v) is 9.52. The van der Waals surface area contributed by atoms with Crippen LogP contribution in [0.3, 0.4) is 0 Å². The Labute approximate surface area is 171 Å². The van der Waals surface area contributed by atoms with Crippen LogP contribution < -0.4 is 5.32 Å². The largest absolute Gasteiger partial charge is 0.478 e. The molecule has 1 aliphatic rings. The highest BCUT2D eigenvalue weighted by Gasteiger charge is 2.36. The number of carbonyl (C=O) groups is 4. The summed E-state index contributed by atoms with van der Waals surface area (Å²) in [5, 5.41) is 11.1. The fourth-order valence-corrected chi connectivity index (χ4v) is 3.51. The van der Waals surface area contributed by atoms with Crippen molar-refractivity contribution in [2.75, 3.05) is 11.9 Å². The molecule has 2 aromatic rings. The summed E-state index contributed by atoms with van der Waals surface area (Å²) in [5.74, 6) is -2.08. The molecule has 0 saturated carbocycles. The molecule has 0 aliphatic carbocycles. The molecule has 0 atom stereocenters. The zero-order chi connectivity index (χ0) is 21.1. The number of hydrogen-bond donors (Lipinski definition) is 2. The highest BCUT2D eigenvalue weighted by molar-refractivity contribution is 8.18. The molecule has 1 fully saturated rings. The van der Waals surface area contributed by atoms with Gasteiger partial charge in [0, 0.05) is 5.69 Å². The van der Waals surface area contributed by atoms with Gasteiger partial charge in [0.15, 0.2) is 0 Å². The maximum Gasteiger partial charge on any atom is 0.335 e. The number of anilines is 1. The number of carbonyl (C=O) groups excluding carboxylic acids is 3. The number of hydrogen-bond acceptors (Lipinski definition) is 5. The third kappa shape index (κ3) is 4.72. The summed E-state index contributed by atoms with van der Waals surface area (Å²) >= 11 is 0.742. The summed E-state index contributed by atoms with van der Waals surface area (Å²) in [5.41, 5.74) is 3.42. The van der Waals surface area contributed by atoms with Crippen molar-refractivity contribution in [3.05, 3.63) is 69.6 Å². The topological polar surface area (TPSA) is 104 Å². The summed E-state index contributed by atoms with van der Waals surface area (Å²) in [6.45, 7) is 3.50. The molecule has 1 saturated heterocycles. The second-order valence-corrected chi connectivity index (χ2v) is 7.54. The van der Waals surface area contributed by atoms with E-state index in [0.29, 0.717) is 11.3 Å². The lowest BCUT2D eigenvalue weighted by molar-refractivity contribution is -0.127. The van der Waals surface area contributed by atoms with Crippen LogP contribution in [-0.4, -0.2) is 39.6 Å². The van der Waals surface area contributed by atoms with Gasteiger partial charge < -0.3 is 10.4 Å². The molecular formula is C21H18N2O5S. The maximum absolute atomic E-state index is 12.5. The summed E-state index contributed by atoms with van der Waals surface area (Å²) in [7, 11) is 0. The number of imide groups is 1. The van der Waals surface area contributed by atoms with Gasteiger partial charge in [-0.15, -0.1) is 0 Å². The Morgan fingerprint density at radius 2 is 1.76 bits per heavy atom.